The number of fused-ring (bicyclic) bond motifs is 1. The van der Waals surface area contributed by atoms with Crippen molar-refractivity contribution in [1.29, 1.82) is 0 Å². The number of esters is 1. The summed E-state index contributed by atoms with van der Waals surface area (Å²) in [6.45, 7) is 5.94. The molecule has 1 aliphatic carbocycles. The lowest BCUT2D eigenvalue weighted by molar-refractivity contribution is -0.161. The predicted molar refractivity (Wildman–Crippen MR) is 82.9 cm³/mol. The van der Waals surface area contributed by atoms with Crippen LogP contribution in [0.2, 0.25) is 0 Å². The Morgan fingerprint density at radius 3 is 3.00 bits per heavy atom. The van der Waals surface area contributed by atoms with Gasteiger partial charge >= 0.3 is 5.97 Å². The Kier molecular flexibility index (Phi) is 4.36. The number of halogens is 1. The molecule has 0 aromatic carbocycles. The van der Waals surface area contributed by atoms with Crippen molar-refractivity contribution < 1.29 is 9.53 Å². The van der Waals surface area contributed by atoms with Gasteiger partial charge in [0.2, 0.25) is 0 Å². The third-order valence-corrected chi connectivity index (χ3v) is 5.69. The number of rotatable bonds is 3. The second-order valence-corrected chi connectivity index (χ2v) is 8.48. The number of carbonyl (C=O) groups is 1. The number of ether oxygens (including phenoxy) is 1. The van der Waals surface area contributed by atoms with E-state index in [1.807, 2.05) is 32.1 Å². The quantitative estimate of drug-likeness (QED) is 0.563. The van der Waals surface area contributed by atoms with E-state index in [0.29, 0.717) is 0 Å². The molecule has 1 aromatic rings. The molecule has 1 unspecified atom stereocenters. The van der Waals surface area contributed by atoms with Gasteiger partial charge in [-0.1, -0.05) is 6.92 Å². The Balaban J connectivity index is 2.14. The molecule has 0 spiro atoms. The first kappa shape index (κ1) is 14.3. The van der Waals surface area contributed by atoms with E-state index in [1.54, 1.807) is 0 Å². The van der Waals surface area contributed by atoms with Crippen LogP contribution in [0.25, 0.3) is 0 Å². The molecule has 0 amide bonds. The van der Waals surface area contributed by atoms with Crippen LogP contribution in [0.3, 0.4) is 0 Å². The van der Waals surface area contributed by atoms with E-state index in [9.17, 15) is 4.79 Å². The van der Waals surface area contributed by atoms with Crippen molar-refractivity contribution in [3.05, 3.63) is 19.4 Å². The lowest BCUT2D eigenvalue weighted by Gasteiger charge is -2.27. The fourth-order valence-electron chi connectivity index (χ4n) is 2.04. The number of hydrogen-bond acceptors (Lipinski definition) is 3. The number of thiophene rings is 1. The number of hydrogen-bond donors (Lipinski definition) is 0. The van der Waals surface area contributed by atoms with E-state index >= 15 is 0 Å². The van der Waals surface area contributed by atoms with Gasteiger partial charge in [0, 0.05) is 10.4 Å². The van der Waals surface area contributed by atoms with Crippen LogP contribution in [-0.4, -0.2) is 5.97 Å². The molecule has 1 aliphatic rings. The normalized spacial score (nSPS) is 19.4. The molecule has 0 fully saturated rings. The van der Waals surface area contributed by atoms with Gasteiger partial charge in [0.05, 0.1) is 8.30 Å². The summed E-state index contributed by atoms with van der Waals surface area (Å²) in [6, 6.07) is 2.18. The molecule has 1 atom stereocenters. The van der Waals surface area contributed by atoms with Gasteiger partial charge in [0.25, 0.3) is 0 Å². The van der Waals surface area contributed by atoms with Crippen LogP contribution < -0.4 is 0 Å². The van der Waals surface area contributed by atoms with Crippen molar-refractivity contribution in [2.24, 2.45) is 5.41 Å². The fourth-order valence-corrected chi connectivity index (χ4v) is 4.14. The Morgan fingerprint density at radius 2 is 2.33 bits per heavy atom. The zero-order valence-electron chi connectivity index (χ0n) is 11.1. The summed E-state index contributed by atoms with van der Waals surface area (Å²) >= 11 is 4.18. The lowest BCUT2D eigenvalue weighted by atomic mass is 9.90. The van der Waals surface area contributed by atoms with Gasteiger partial charge in [0.15, 0.2) is 0 Å². The van der Waals surface area contributed by atoms with Crippen molar-refractivity contribution >= 4 is 39.9 Å². The molecule has 1 heterocycles. The SMILES string of the molecule is CCC(C)(C)C(=O)OC1CCCc2sc(I)cc21. The van der Waals surface area contributed by atoms with Crippen LogP contribution in [0, 0.1) is 8.30 Å². The monoisotopic (exact) mass is 378 g/mol. The molecule has 18 heavy (non-hydrogen) atoms. The van der Waals surface area contributed by atoms with Gasteiger partial charge in [-0.05, 0) is 68.2 Å². The summed E-state index contributed by atoms with van der Waals surface area (Å²) in [5.41, 5.74) is 0.872. The second-order valence-electron chi connectivity index (χ2n) is 5.45. The van der Waals surface area contributed by atoms with Crippen LogP contribution in [0.15, 0.2) is 6.07 Å². The Labute approximate surface area is 126 Å². The molecule has 0 saturated heterocycles. The van der Waals surface area contributed by atoms with Crippen LogP contribution in [0.5, 0.6) is 0 Å². The average molecular weight is 378 g/mol. The molecule has 0 radical (unpaired) electrons. The molecular formula is C14H19IO2S. The molecule has 0 bridgehead atoms. The number of carbonyl (C=O) groups excluding carboxylic acids is 1. The average Bonchev–Trinajstić information content (AvgIpc) is 2.70. The van der Waals surface area contributed by atoms with Gasteiger partial charge in [0.1, 0.15) is 6.10 Å². The van der Waals surface area contributed by atoms with Crippen molar-refractivity contribution in [2.75, 3.05) is 0 Å². The maximum absolute atomic E-state index is 12.2. The summed E-state index contributed by atoms with van der Waals surface area (Å²) in [4.78, 5) is 13.6. The van der Waals surface area contributed by atoms with E-state index in [4.69, 9.17) is 4.74 Å². The highest BCUT2D eigenvalue weighted by Gasteiger charge is 2.32. The Hall–Kier alpha value is -0.100. The maximum atomic E-state index is 12.2. The molecule has 1 aromatic heterocycles. The van der Waals surface area contributed by atoms with Crippen LogP contribution in [0.4, 0.5) is 0 Å². The summed E-state index contributed by atoms with van der Waals surface area (Å²) in [5, 5.41) is 0. The molecule has 2 nitrogen and oxygen atoms in total. The zero-order chi connectivity index (χ0) is 13.3. The third-order valence-electron chi connectivity index (χ3n) is 3.71. The molecule has 0 N–H and O–H groups in total. The van der Waals surface area contributed by atoms with Crippen LogP contribution in [-0.2, 0) is 16.0 Å². The van der Waals surface area contributed by atoms with Crippen LogP contribution >= 0.6 is 33.9 Å². The van der Waals surface area contributed by atoms with E-state index in [2.05, 4.69) is 28.7 Å². The van der Waals surface area contributed by atoms with Crippen molar-refractivity contribution in [1.82, 2.24) is 0 Å². The summed E-state index contributed by atoms with van der Waals surface area (Å²) in [6.07, 6.45) is 4.01. The summed E-state index contributed by atoms with van der Waals surface area (Å²) < 4.78 is 7.04. The third kappa shape index (κ3) is 2.90. The summed E-state index contributed by atoms with van der Waals surface area (Å²) in [5.74, 6) is -0.0657. The summed E-state index contributed by atoms with van der Waals surface area (Å²) in [7, 11) is 0. The second kappa shape index (κ2) is 5.49. The van der Waals surface area contributed by atoms with Crippen molar-refractivity contribution in [3.63, 3.8) is 0 Å². The zero-order valence-corrected chi connectivity index (χ0v) is 14.1. The largest absolute Gasteiger partial charge is 0.457 e. The highest BCUT2D eigenvalue weighted by Crippen LogP contribution is 2.39. The Morgan fingerprint density at radius 1 is 1.61 bits per heavy atom. The van der Waals surface area contributed by atoms with E-state index < -0.39 is 0 Å². The van der Waals surface area contributed by atoms with Crippen LogP contribution in [0.1, 0.15) is 56.6 Å². The first-order chi connectivity index (χ1) is 8.44. The minimum absolute atomic E-state index is 0.0214. The van der Waals surface area contributed by atoms with Gasteiger partial charge in [-0.15, -0.1) is 11.3 Å². The molecule has 100 valence electrons. The van der Waals surface area contributed by atoms with Crippen molar-refractivity contribution in [2.45, 2.75) is 52.6 Å². The van der Waals surface area contributed by atoms with Gasteiger partial charge in [-0.2, -0.15) is 0 Å². The molecular weight excluding hydrogens is 359 g/mol. The lowest BCUT2D eigenvalue weighted by Crippen LogP contribution is -2.28. The van der Waals surface area contributed by atoms with E-state index in [0.717, 1.165) is 25.7 Å². The minimum atomic E-state index is -0.374. The highest BCUT2D eigenvalue weighted by molar-refractivity contribution is 14.1. The fraction of sp³-hybridized carbons (Fsp3) is 0.643. The number of aryl methyl sites for hydroxylation is 1. The topological polar surface area (TPSA) is 26.3 Å². The maximum Gasteiger partial charge on any atom is 0.312 e. The first-order valence-corrected chi connectivity index (χ1v) is 8.32. The molecule has 0 aliphatic heterocycles. The standard InChI is InChI=1S/C14H19IO2S/c1-4-14(2,3)13(16)17-10-6-5-7-11-9(10)8-12(15)18-11/h8,10H,4-7H2,1-3H3. The first-order valence-electron chi connectivity index (χ1n) is 6.43. The predicted octanol–water partition coefficient (Wildman–Crippen LogP) is 4.71. The highest BCUT2D eigenvalue weighted by atomic mass is 127. The van der Waals surface area contributed by atoms with Gasteiger partial charge in [-0.25, -0.2) is 0 Å². The van der Waals surface area contributed by atoms with Crippen molar-refractivity contribution in [3.8, 4) is 0 Å². The van der Waals surface area contributed by atoms with E-state index in [1.165, 1.54) is 13.3 Å². The van der Waals surface area contributed by atoms with Gasteiger partial charge < -0.3 is 4.74 Å². The van der Waals surface area contributed by atoms with Gasteiger partial charge in [-0.3, -0.25) is 4.79 Å². The molecule has 0 saturated carbocycles. The molecule has 2 rings (SSSR count). The smallest absolute Gasteiger partial charge is 0.312 e. The molecule has 4 heteroatoms. The minimum Gasteiger partial charge on any atom is -0.457 e. The Bertz CT molecular complexity index is 451. The van der Waals surface area contributed by atoms with E-state index in [-0.39, 0.29) is 17.5 Å².